The first kappa shape index (κ1) is 17.3. The molecule has 134 valence electrons. The zero-order valence-corrected chi connectivity index (χ0v) is 14.0. The number of aromatic nitrogens is 3. The lowest BCUT2D eigenvalue weighted by Crippen LogP contribution is -2.05. The van der Waals surface area contributed by atoms with Crippen LogP contribution in [0, 0.1) is 11.6 Å². The number of hydrogen-bond acceptors (Lipinski definition) is 7. The topological polar surface area (TPSA) is 81.2 Å². The molecule has 0 amide bonds. The number of ether oxygens (including phenoxy) is 2. The average molecular weight is 359 g/mol. The molecule has 0 saturated carbocycles. The molecule has 0 saturated heterocycles. The lowest BCUT2D eigenvalue weighted by molar-refractivity contribution is 0.405. The number of rotatable bonds is 6. The molecule has 0 fully saturated rings. The molecule has 2 aromatic carbocycles. The Hall–Kier alpha value is -3.49. The Morgan fingerprint density at radius 2 is 1.73 bits per heavy atom. The highest BCUT2D eigenvalue weighted by Crippen LogP contribution is 2.31. The van der Waals surface area contributed by atoms with Gasteiger partial charge in [0, 0.05) is 6.07 Å². The van der Waals surface area contributed by atoms with Gasteiger partial charge in [-0.2, -0.15) is 10.1 Å². The van der Waals surface area contributed by atoms with Crippen molar-refractivity contribution < 1.29 is 18.3 Å². The number of anilines is 4. The molecule has 3 aromatic rings. The standard InChI is InChI=1S/C17H15F2N5O2/c1-25-10-6-7-14(26-2)13(8-10)21-17-23-15(9-20-24-17)22-16-11(18)4-3-5-12(16)19/h3-9H,1-2H3,(H2,21,22,23,24). The fraction of sp³-hybridized carbons (Fsp3) is 0.118. The molecule has 7 nitrogen and oxygen atoms in total. The zero-order valence-electron chi connectivity index (χ0n) is 14.0. The Morgan fingerprint density at radius 1 is 0.962 bits per heavy atom. The molecule has 1 heterocycles. The van der Waals surface area contributed by atoms with E-state index in [-0.39, 0.29) is 17.5 Å². The van der Waals surface area contributed by atoms with E-state index >= 15 is 0 Å². The number of benzene rings is 2. The van der Waals surface area contributed by atoms with Crippen molar-refractivity contribution in [2.24, 2.45) is 0 Å². The van der Waals surface area contributed by atoms with E-state index in [1.807, 2.05) is 0 Å². The van der Waals surface area contributed by atoms with Gasteiger partial charge in [0.2, 0.25) is 5.95 Å². The van der Waals surface area contributed by atoms with Crippen molar-refractivity contribution in [3.05, 3.63) is 54.2 Å². The van der Waals surface area contributed by atoms with Crippen LogP contribution in [0.1, 0.15) is 0 Å². The first-order valence-electron chi connectivity index (χ1n) is 7.50. The van der Waals surface area contributed by atoms with E-state index in [0.717, 1.165) is 12.1 Å². The molecule has 9 heteroatoms. The molecule has 3 rings (SSSR count). The monoisotopic (exact) mass is 359 g/mol. The highest BCUT2D eigenvalue weighted by molar-refractivity contribution is 5.66. The van der Waals surface area contributed by atoms with E-state index in [9.17, 15) is 8.78 Å². The van der Waals surface area contributed by atoms with Gasteiger partial charge in [0.05, 0.1) is 26.1 Å². The summed E-state index contributed by atoms with van der Waals surface area (Å²) in [6.45, 7) is 0. The SMILES string of the molecule is COc1ccc(OC)c(Nc2nncc(Nc3c(F)cccc3F)n2)c1. The van der Waals surface area contributed by atoms with Gasteiger partial charge in [-0.25, -0.2) is 8.78 Å². The lowest BCUT2D eigenvalue weighted by Gasteiger charge is -2.12. The number of methoxy groups -OCH3 is 2. The largest absolute Gasteiger partial charge is 0.497 e. The predicted octanol–water partition coefficient (Wildman–Crippen LogP) is 3.65. The van der Waals surface area contributed by atoms with Crippen LogP contribution in [0.5, 0.6) is 11.5 Å². The minimum Gasteiger partial charge on any atom is -0.497 e. The Kier molecular flexibility index (Phi) is 5.07. The molecule has 0 aliphatic rings. The maximum Gasteiger partial charge on any atom is 0.249 e. The molecule has 2 N–H and O–H groups in total. The number of para-hydroxylation sites is 1. The summed E-state index contributed by atoms with van der Waals surface area (Å²) in [5, 5.41) is 13.1. The summed E-state index contributed by atoms with van der Waals surface area (Å²) in [6.07, 6.45) is 1.25. The predicted molar refractivity (Wildman–Crippen MR) is 92.3 cm³/mol. The van der Waals surface area contributed by atoms with E-state index in [0.29, 0.717) is 17.2 Å². The second-order valence-corrected chi connectivity index (χ2v) is 5.08. The zero-order chi connectivity index (χ0) is 18.5. The van der Waals surface area contributed by atoms with E-state index in [4.69, 9.17) is 9.47 Å². The molecule has 0 unspecified atom stereocenters. The van der Waals surface area contributed by atoms with Crippen molar-refractivity contribution in [3.8, 4) is 11.5 Å². The minimum atomic E-state index is -0.743. The van der Waals surface area contributed by atoms with Crippen LogP contribution >= 0.6 is 0 Å². The van der Waals surface area contributed by atoms with Gasteiger partial charge < -0.3 is 20.1 Å². The quantitative estimate of drug-likeness (QED) is 0.695. The van der Waals surface area contributed by atoms with Crippen molar-refractivity contribution >= 4 is 23.1 Å². The van der Waals surface area contributed by atoms with Crippen molar-refractivity contribution in [3.63, 3.8) is 0 Å². The summed E-state index contributed by atoms with van der Waals surface area (Å²) in [6, 6.07) is 8.70. The Balaban J connectivity index is 1.86. The normalized spacial score (nSPS) is 10.3. The molecule has 0 bridgehead atoms. The average Bonchev–Trinajstić information content (AvgIpc) is 2.65. The maximum atomic E-state index is 13.8. The Morgan fingerprint density at radius 3 is 2.42 bits per heavy atom. The van der Waals surface area contributed by atoms with Crippen LogP contribution in [-0.4, -0.2) is 29.4 Å². The van der Waals surface area contributed by atoms with Crippen molar-refractivity contribution in [2.75, 3.05) is 24.9 Å². The van der Waals surface area contributed by atoms with E-state index in [1.54, 1.807) is 18.2 Å². The number of halogens is 2. The molecule has 0 aliphatic carbocycles. The fourth-order valence-corrected chi connectivity index (χ4v) is 2.19. The second kappa shape index (κ2) is 7.60. The summed E-state index contributed by atoms with van der Waals surface area (Å²) in [5.74, 6) is -0.122. The molecule has 26 heavy (non-hydrogen) atoms. The summed E-state index contributed by atoms with van der Waals surface area (Å²) in [4.78, 5) is 4.15. The summed E-state index contributed by atoms with van der Waals surface area (Å²) < 4.78 is 37.9. The van der Waals surface area contributed by atoms with E-state index < -0.39 is 11.6 Å². The number of nitrogens with zero attached hydrogens (tertiary/aromatic N) is 3. The van der Waals surface area contributed by atoms with Gasteiger partial charge in [0.1, 0.15) is 28.8 Å². The van der Waals surface area contributed by atoms with Crippen molar-refractivity contribution in [1.82, 2.24) is 15.2 Å². The molecule has 1 aromatic heterocycles. The van der Waals surface area contributed by atoms with Gasteiger partial charge in [0.25, 0.3) is 0 Å². The summed E-state index contributed by atoms with van der Waals surface area (Å²) in [7, 11) is 3.06. The maximum absolute atomic E-state index is 13.8. The minimum absolute atomic E-state index is 0.110. The van der Waals surface area contributed by atoms with Crippen LogP contribution in [0.15, 0.2) is 42.6 Å². The highest BCUT2D eigenvalue weighted by atomic mass is 19.1. The molecular formula is C17H15F2N5O2. The van der Waals surface area contributed by atoms with Gasteiger partial charge in [-0.05, 0) is 24.3 Å². The van der Waals surface area contributed by atoms with E-state index in [1.165, 1.54) is 26.5 Å². The van der Waals surface area contributed by atoms with Crippen LogP contribution in [0.4, 0.5) is 31.9 Å². The van der Waals surface area contributed by atoms with Crippen LogP contribution in [-0.2, 0) is 0 Å². The molecular weight excluding hydrogens is 344 g/mol. The molecule has 0 spiro atoms. The Labute approximate surface area is 148 Å². The molecule has 0 radical (unpaired) electrons. The fourth-order valence-electron chi connectivity index (χ4n) is 2.19. The van der Waals surface area contributed by atoms with Gasteiger partial charge in [-0.15, -0.1) is 5.10 Å². The summed E-state index contributed by atoms with van der Waals surface area (Å²) >= 11 is 0. The van der Waals surface area contributed by atoms with Crippen LogP contribution in [0.3, 0.4) is 0 Å². The smallest absolute Gasteiger partial charge is 0.249 e. The first-order chi connectivity index (χ1) is 12.6. The third-order valence-electron chi connectivity index (χ3n) is 3.43. The van der Waals surface area contributed by atoms with Gasteiger partial charge in [-0.1, -0.05) is 6.07 Å². The third-order valence-corrected chi connectivity index (χ3v) is 3.43. The van der Waals surface area contributed by atoms with E-state index in [2.05, 4.69) is 25.8 Å². The van der Waals surface area contributed by atoms with Crippen LogP contribution in [0.25, 0.3) is 0 Å². The van der Waals surface area contributed by atoms with Crippen molar-refractivity contribution in [1.29, 1.82) is 0 Å². The lowest BCUT2D eigenvalue weighted by atomic mass is 10.2. The van der Waals surface area contributed by atoms with Crippen molar-refractivity contribution in [2.45, 2.75) is 0 Å². The van der Waals surface area contributed by atoms with Gasteiger partial charge in [-0.3, -0.25) is 0 Å². The summed E-state index contributed by atoms with van der Waals surface area (Å²) in [5.41, 5.74) is 0.223. The van der Waals surface area contributed by atoms with Gasteiger partial charge in [0.15, 0.2) is 5.82 Å². The van der Waals surface area contributed by atoms with Crippen LogP contribution in [0.2, 0.25) is 0 Å². The number of nitrogens with one attached hydrogen (secondary N) is 2. The second-order valence-electron chi connectivity index (χ2n) is 5.08. The van der Waals surface area contributed by atoms with Gasteiger partial charge >= 0.3 is 0 Å². The number of hydrogen-bond donors (Lipinski definition) is 2. The molecule has 0 aliphatic heterocycles. The third kappa shape index (κ3) is 3.77. The van der Waals surface area contributed by atoms with Crippen LogP contribution < -0.4 is 20.1 Å². The highest BCUT2D eigenvalue weighted by Gasteiger charge is 2.11. The molecule has 0 atom stereocenters. The first-order valence-corrected chi connectivity index (χ1v) is 7.50. The Bertz CT molecular complexity index is 903.